The maximum Gasteiger partial charge on any atom is 0.347 e. The quantitative estimate of drug-likeness (QED) is 0.690. The highest BCUT2D eigenvalue weighted by atomic mass is 32.1. The van der Waals surface area contributed by atoms with E-state index in [1.165, 1.54) is 0 Å². The van der Waals surface area contributed by atoms with E-state index in [1.54, 1.807) is 13.1 Å². The number of aromatic carboxylic acids is 1. The van der Waals surface area contributed by atoms with Gasteiger partial charge < -0.3 is 15.4 Å². The summed E-state index contributed by atoms with van der Waals surface area (Å²) in [5.41, 5.74) is 2.27. The van der Waals surface area contributed by atoms with Gasteiger partial charge in [-0.05, 0) is 18.6 Å². The Morgan fingerprint density at radius 3 is 2.86 bits per heavy atom. The number of para-hydroxylation sites is 1. The first-order valence-corrected chi connectivity index (χ1v) is 7.42. The molecule has 0 saturated heterocycles. The SMILES string of the molecule is Cc1nc(NC(=O)Cc2c[nH]c3ccccc23)sc1C(=O)O. The highest BCUT2D eigenvalue weighted by molar-refractivity contribution is 7.17. The summed E-state index contributed by atoms with van der Waals surface area (Å²) < 4.78 is 0. The highest BCUT2D eigenvalue weighted by Gasteiger charge is 2.16. The number of rotatable bonds is 4. The van der Waals surface area contributed by atoms with Crippen molar-refractivity contribution in [2.24, 2.45) is 0 Å². The molecule has 0 bridgehead atoms. The van der Waals surface area contributed by atoms with Crippen LogP contribution in [0.4, 0.5) is 5.13 Å². The lowest BCUT2D eigenvalue weighted by Crippen LogP contribution is -2.14. The van der Waals surface area contributed by atoms with E-state index in [0.29, 0.717) is 10.8 Å². The lowest BCUT2D eigenvalue weighted by Gasteiger charge is -2.00. The van der Waals surface area contributed by atoms with Crippen LogP contribution in [0.2, 0.25) is 0 Å². The number of carboxylic acids is 1. The fraction of sp³-hybridized carbons (Fsp3) is 0.133. The van der Waals surface area contributed by atoms with E-state index in [4.69, 9.17) is 5.11 Å². The molecule has 3 rings (SSSR count). The minimum absolute atomic E-state index is 0.141. The molecule has 1 aromatic carbocycles. The summed E-state index contributed by atoms with van der Waals surface area (Å²) in [6, 6.07) is 7.74. The zero-order chi connectivity index (χ0) is 15.7. The molecule has 0 atom stereocenters. The van der Waals surface area contributed by atoms with Crippen molar-refractivity contribution in [3.05, 3.63) is 46.6 Å². The number of H-pyrrole nitrogens is 1. The van der Waals surface area contributed by atoms with Gasteiger partial charge in [-0.1, -0.05) is 29.5 Å². The van der Waals surface area contributed by atoms with E-state index >= 15 is 0 Å². The highest BCUT2D eigenvalue weighted by Crippen LogP contribution is 2.23. The van der Waals surface area contributed by atoms with Crippen LogP contribution in [0.3, 0.4) is 0 Å². The number of amides is 1. The molecular formula is C15H13N3O3S. The lowest BCUT2D eigenvalue weighted by molar-refractivity contribution is -0.115. The van der Waals surface area contributed by atoms with Crippen LogP contribution in [0.15, 0.2) is 30.5 Å². The van der Waals surface area contributed by atoms with Gasteiger partial charge in [0, 0.05) is 17.1 Å². The summed E-state index contributed by atoms with van der Waals surface area (Å²) in [5.74, 6) is -1.26. The van der Waals surface area contributed by atoms with E-state index in [0.717, 1.165) is 27.8 Å². The van der Waals surface area contributed by atoms with Gasteiger partial charge in [0.15, 0.2) is 5.13 Å². The van der Waals surface area contributed by atoms with E-state index in [-0.39, 0.29) is 17.2 Å². The second-order valence-corrected chi connectivity index (χ2v) is 5.82. The van der Waals surface area contributed by atoms with Gasteiger partial charge in [-0.2, -0.15) is 0 Å². The molecule has 2 aromatic heterocycles. The van der Waals surface area contributed by atoms with Crippen LogP contribution in [0, 0.1) is 6.92 Å². The molecule has 0 radical (unpaired) electrons. The molecule has 0 saturated carbocycles. The molecule has 3 aromatic rings. The Hall–Kier alpha value is -2.67. The van der Waals surface area contributed by atoms with E-state index in [1.807, 2.05) is 24.3 Å². The molecule has 3 N–H and O–H groups in total. The van der Waals surface area contributed by atoms with E-state index < -0.39 is 5.97 Å². The number of anilines is 1. The first-order chi connectivity index (χ1) is 10.5. The first kappa shape index (κ1) is 14.3. The Bertz CT molecular complexity index is 866. The summed E-state index contributed by atoms with van der Waals surface area (Å²) in [6.45, 7) is 1.61. The van der Waals surface area contributed by atoms with Gasteiger partial charge in [-0.25, -0.2) is 9.78 Å². The summed E-state index contributed by atoms with van der Waals surface area (Å²) >= 11 is 0.962. The normalized spacial score (nSPS) is 10.8. The molecule has 0 spiro atoms. The van der Waals surface area contributed by atoms with Gasteiger partial charge in [-0.3, -0.25) is 4.79 Å². The smallest absolute Gasteiger partial charge is 0.347 e. The zero-order valence-electron chi connectivity index (χ0n) is 11.7. The van der Waals surface area contributed by atoms with Gasteiger partial charge in [0.25, 0.3) is 0 Å². The summed E-state index contributed by atoms with van der Waals surface area (Å²) in [5, 5.41) is 12.9. The summed E-state index contributed by atoms with van der Waals surface area (Å²) in [6.07, 6.45) is 2.01. The largest absolute Gasteiger partial charge is 0.477 e. The maximum atomic E-state index is 12.1. The van der Waals surface area contributed by atoms with E-state index in [2.05, 4.69) is 15.3 Å². The molecule has 0 aliphatic heterocycles. The fourth-order valence-electron chi connectivity index (χ4n) is 2.26. The number of aromatic amines is 1. The van der Waals surface area contributed by atoms with Gasteiger partial charge in [0.2, 0.25) is 5.91 Å². The molecule has 22 heavy (non-hydrogen) atoms. The third-order valence-electron chi connectivity index (χ3n) is 3.26. The van der Waals surface area contributed by atoms with Crippen molar-refractivity contribution >= 4 is 39.2 Å². The van der Waals surface area contributed by atoms with Crippen molar-refractivity contribution in [3.63, 3.8) is 0 Å². The van der Waals surface area contributed by atoms with Crippen molar-refractivity contribution in [2.45, 2.75) is 13.3 Å². The molecule has 112 valence electrons. The number of nitrogens with zero attached hydrogens (tertiary/aromatic N) is 1. The minimum atomic E-state index is -1.04. The Kier molecular flexibility index (Phi) is 3.64. The molecular weight excluding hydrogens is 302 g/mol. The summed E-state index contributed by atoms with van der Waals surface area (Å²) in [4.78, 5) is 30.4. The second-order valence-electron chi connectivity index (χ2n) is 4.82. The number of nitrogens with one attached hydrogen (secondary N) is 2. The predicted octanol–water partition coefficient (Wildman–Crippen LogP) is 2.81. The number of aryl methyl sites for hydroxylation is 1. The molecule has 0 aliphatic rings. The number of aromatic nitrogens is 2. The molecule has 2 heterocycles. The molecule has 0 fully saturated rings. The number of hydrogen-bond donors (Lipinski definition) is 3. The molecule has 6 nitrogen and oxygen atoms in total. The third kappa shape index (κ3) is 2.71. The molecule has 1 amide bonds. The number of carbonyl (C=O) groups is 2. The predicted molar refractivity (Wildman–Crippen MR) is 84.4 cm³/mol. The van der Waals surface area contributed by atoms with E-state index in [9.17, 15) is 9.59 Å². The van der Waals surface area contributed by atoms with Crippen LogP contribution >= 0.6 is 11.3 Å². The number of thiazole rings is 1. The van der Waals surface area contributed by atoms with Crippen molar-refractivity contribution < 1.29 is 14.7 Å². The Labute approximate surface area is 129 Å². The summed E-state index contributed by atoms with van der Waals surface area (Å²) in [7, 11) is 0. The van der Waals surface area contributed by atoms with Crippen LogP contribution in [0.25, 0.3) is 10.9 Å². The minimum Gasteiger partial charge on any atom is -0.477 e. The van der Waals surface area contributed by atoms with Crippen molar-refractivity contribution in [2.75, 3.05) is 5.32 Å². The Morgan fingerprint density at radius 1 is 1.36 bits per heavy atom. The molecule has 0 aliphatic carbocycles. The van der Waals surface area contributed by atoms with Gasteiger partial charge in [0.05, 0.1) is 12.1 Å². The van der Waals surface area contributed by atoms with Crippen LogP contribution in [0.1, 0.15) is 20.9 Å². The monoisotopic (exact) mass is 315 g/mol. The van der Waals surface area contributed by atoms with Crippen molar-refractivity contribution in [1.29, 1.82) is 0 Å². The fourth-order valence-corrected chi connectivity index (χ4v) is 3.08. The topological polar surface area (TPSA) is 95.1 Å². The molecule has 7 heteroatoms. The average molecular weight is 315 g/mol. The Morgan fingerprint density at radius 2 is 2.14 bits per heavy atom. The van der Waals surface area contributed by atoms with Crippen LogP contribution in [0.5, 0.6) is 0 Å². The second kappa shape index (κ2) is 5.61. The van der Waals surface area contributed by atoms with Crippen LogP contribution in [-0.4, -0.2) is 27.0 Å². The van der Waals surface area contributed by atoms with Gasteiger partial charge in [-0.15, -0.1) is 0 Å². The lowest BCUT2D eigenvalue weighted by atomic mass is 10.1. The van der Waals surface area contributed by atoms with Gasteiger partial charge in [0.1, 0.15) is 4.88 Å². The number of carboxylic acid groups (broad SMARTS) is 1. The van der Waals surface area contributed by atoms with Crippen LogP contribution < -0.4 is 5.32 Å². The maximum absolute atomic E-state index is 12.1. The van der Waals surface area contributed by atoms with Crippen molar-refractivity contribution in [1.82, 2.24) is 9.97 Å². The molecule has 0 unspecified atom stereocenters. The first-order valence-electron chi connectivity index (χ1n) is 6.60. The number of carbonyl (C=O) groups excluding carboxylic acids is 1. The zero-order valence-corrected chi connectivity index (χ0v) is 12.5. The Balaban J connectivity index is 1.75. The number of hydrogen-bond acceptors (Lipinski definition) is 4. The van der Waals surface area contributed by atoms with Gasteiger partial charge >= 0.3 is 5.97 Å². The standard InChI is InChI=1S/C15H13N3O3S/c1-8-13(14(20)21)22-15(17-8)18-12(19)6-9-7-16-11-5-3-2-4-10(9)11/h2-5,7,16H,6H2,1H3,(H,20,21)(H,17,18,19). The average Bonchev–Trinajstić information content (AvgIpc) is 3.03. The number of fused-ring (bicyclic) bond motifs is 1. The number of benzene rings is 1. The third-order valence-corrected chi connectivity index (χ3v) is 4.32. The van der Waals surface area contributed by atoms with Crippen molar-refractivity contribution in [3.8, 4) is 0 Å². The van der Waals surface area contributed by atoms with Crippen LogP contribution in [-0.2, 0) is 11.2 Å².